The first-order valence-corrected chi connectivity index (χ1v) is 8.08. The number of hydrogen-bond donors (Lipinski definition) is 1. The van der Waals surface area contributed by atoms with Crippen LogP contribution < -0.4 is 4.74 Å². The summed E-state index contributed by atoms with van der Waals surface area (Å²) in [6.07, 6.45) is 0.534. The van der Waals surface area contributed by atoms with Crippen molar-refractivity contribution in [2.24, 2.45) is 0 Å². The minimum atomic E-state index is -0.579. The maximum atomic E-state index is 13.5. The van der Waals surface area contributed by atoms with Crippen LogP contribution in [0.5, 0.6) is 5.75 Å². The van der Waals surface area contributed by atoms with Crippen LogP contribution in [0, 0.1) is 15.9 Å². The van der Waals surface area contributed by atoms with Crippen molar-refractivity contribution in [3.05, 3.63) is 69.8 Å². The number of hydrogen-bond acceptors (Lipinski definition) is 7. The summed E-state index contributed by atoms with van der Waals surface area (Å²) in [5.41, 5.74) is -0.0106. The van der Waals surface area contributed by atoms with Crippen molar-refractivity contribution in [3.8, 4) is 5.75 Å². The van der Waals surface area contributed by atoms with Crippen LogP contribution in [0.2, 0.25) is 0 Å². The lowest BCUT2D eigenvalue weighted by atomic mass is 10.2. The molecule has 8 nitrogen and oxygen atoms in total. The highest BCUT2D eigenvalue weighted by Crippen LogP contribution is 2.33. The van der Waals surface area contributed by atoms with Gasteiger partial charge in [-0.15, -0.1) is 5.10 Å². The van der Waals surface area contributed by atoms with Gasteiger partial charge in [-0.2, -0.15) is 0 Å². The zero-order valence-corrected chi connectivity index (χ0v) is 13.9. The third-order valence-corrected chi connectivity index (χ3v) is 4.16. The molecule has 132 valence electrons. The van der Waals surface area contributed by atoms with Gasteiger partial charge in [0.05, 0.1) is 9.82 Å². The number of para-hydroxylation sites is 1. The smallest absolute Gasteiger partial charge is 0.284 e. The van der Waals surface area contributed by atoms with Gasteiger partial charge in [0.1, 0.15) is 12.9 Å². The van der Waals surface area contributed by atoms with Crippen LogP contribution >= 0.6 is 11.8 Å². The van der Waals surface area contributed by atoms with Gasteiger partial charge in [0, 0.05) is 11.6 Å². The van der Waals surface area contributed by atoms with Gasteiger partial charge in [-0.05, 0) is 30.0 Å². The summed E-state index contributed by atoms with van der Waals surface area (Å²) in [6.45, 7) is -0.0410. The normalized spacial score (nSPS) is 10.5. The maximum Gasteiger partial charge on any atom is 0.284 e. The Kier molecular flexibility index (Phi) is 5.23. The number of nitro groups is 1. The molecule has 3 aromatic rings. The van der Waals surface area contributed by atoms with Crippen LogP contribution in [0.15, 0.2) is 52.5 Å². The van der Waals surface area contributed by atoms with Gasteiger partial charge < -0.3 is 4.74 Å². The first-order chi connectivity index (χ1) is 12.6. The quantitative estimate of drug-likeness (QED) is 0.383. The molecule has 0 fully saturated rings. The Morgan fingerprint density at radius 1 is 1.31 bits per heavy atom. The molecule has 0 unspecified atom stereocenters. The summed E-state index contributed by atoms with van der Waals surface area (Å²) in [5, 5.41) is 18.0. The minimum Gasteiger partial charge on any atom is -0.483 e. The van der Waals surface area contributed by atoms with E-state index in [1.54, 1.807) is 12.1 Å². The number of halogens is 1. The summed E-state index contributed by atoms with van der Waals surface area (Å²) in [4.78, 5) is 25.8. The minimum absolute atomic E-state index is 0.0410. The molecule has 10 heteroatoms. The van der Waals surface area contributed by atoms with Gasteiger partial charge in [0.15, 0.2) is 17.4 Å². The molecule has 0 aliphatic heterocycles. The Balaban J connectivity index is 1.72. The Morgan fingerprint density at radius 2 is 2.12 bits per heavy atom. The standard InChI is InChI=1S/C16H11FN4O4S/c17-11-3-1-2-4-13(11)25-9-15-18-16(20-19-15)26-14-6-5-10(8-22)7-12(14)21(23)24/h1-8H,9H2,(H,18,19,20). The van der Waals surface area contributed by atoms with Crippen LogP contribution in [0.25, 0.3) is 0 Å². The SMILES string of the molecule is O=Cc1ccc(Sc2n[nH]c(COc3ccccc3F)n2)c([N+](=O)[O-])c1. The molecule has 0 amide bonds. The Bertz CT molecular complexity index is 963. The van der Waals surface area contributed by atoms with Crippen molar-refractivity contribution in [3.63, 3.8) is 0 Å². The van der Waals surface area contributed by atoms with Crippen molar-refractivity contribution in [2.45, 2.75) is 16.7 Å². The molecule has 0 spiro atoms. The molecule has 0 atom stereocenters. The highest BCUT2D eigenvalue weighted by Gasteiger charge is 2.18. The van der Waals surface area contributed by atoms with E-state index in [1.165, 1.54) is 30.3 Å². The molecule has 0 aliphatic carbocycles. The summed E-state index contributed by atoms with van der Waals surface area (Å²) in [7, 11) is 0. The zero-order valence-electron chi connectivity index (χ0n) is 13.1. The zero-order chi connectivity index (χ0) is 18.5. The monoisotopic (exact) mass is 374 g/mol. The lowest BCUT2D eigenvalue weighted by Crippen LogP contribution is -1.99. The number of aromatic nitrogens is 3. The highest BCUT2D eigenvalue weighted by atomic mass is 32.2. The second kappa shape index (κ2) is 7.74. The maximum absolute atomic E-state index is 13.5. The van der Waals surface area contributed by atoms with E-state index in [-0.39, 0.29) is 28.8 Å². The summed E-state index contributed by atoms with van der Waals surface area (Å²) in [6, 6.07) is 10.1. The number of carbonyl (C=O) groups is 1. The van der Waals surface area contributed by atoms with E-state index in [4.69, 9.17) is 4.74 Å². The molecule has 0 bridgehead atoms. The average Bonchev–Trinajstić information content (AvgIpc) is 3.08. The van der Waals surface area contributed by atoms with E-state index in [1.807, 2.05) is 0 Å². The molecular weight excluding hydrogens is 363 g/mol. The molecule has 1 aromatic heterocycles. The molecule has 0 saturated heterocycles. The van der Waals surface area contributed by atoms with Gasteiger partial charge in [0.25, 0.3) is 5.69 Å². The van der Waals surface area contributed by atoms with Crippen molar-refractivity contribution >= 4 is 23.7 Å². The molecular formula is C16H11FN4O4S. The lowest BCUT2D eigenvalue weighted by Gasteiger charge is -2.04. The van der Waals surface area contributed by atoms with Gasteiger partial charge in [-0.3, -0.25) is 20.0 Å². The molecule has 3 rings (SSSR count). The van der Waals surface area contributed by atoms with Crippen molar-refractivity contribution < 1.29 is 18.8 Å². The molecule has 0 aliphatic rings. The van der Waals surface area contributed by atoms with Crippen LogP contribution in [0.3, 0.4) is 0 Å². The van der Waals surface area contributed by atoms with Crippen molar-refractivity contribution in [1.82, 2.24) is 15.2 Å². The Hall–Kier alpha value is -3.27. The largest absolute Gasteiger partial charge is 0.483 e. The second-order valence-corrected chi connectivity index (χ2v) is 6.00. The van der Waals surface area contributed by atoms with E-state index in [2.05, 4.69) is 15.2 Å². The number of nitro benzene ring substituents is 1. The second-order valence-electron chi connectivity index (χ2n) is 4.99. The fraction of sp³-hybridized carbons (Fsp3) is 0.0625. The Morgan fingerprint density at radius 3 is 2.85 bits per heavy atom. The number of carbonyl (C=O) groups excluding carboxylic acids is 1. The van der Waals surface area contributed by atoms with Crippen LogP contribution in [-0.2, 0) is 6.61 Å². The topological polar surface area (TPSA) is 111 Å². The van der Waals surface area contributed by atoms with Gasteiger partial charge in [-0.25, -0.2) is 9.37 Å². The third-order valence-electron chi connectivity index (χ3n) is 3.23. The highest BCUT2D eigenvalue weighted by molar-refractivity contribution is 7.99. The van der Waals surface area contributed by atoms with E-state index >= 15 is 0 Å². The van der Waals surface area contributed by atoms with Crippen molar-refractivity contribution in [2.75, 3.05) is 0 Å². The Labute approximate surface area is 150 Å². The molecule has 0 radical (unpaired) electrons. The van der Waals surface area contributed by atoms with Crippen molar-refractivity contribution in [1.29, 1.82) is 0 Å². The molecule has 2 aromatic carbocycles. The molecule has 1 N–H and O–H groups in total. The number of H-pyrrole nitrogens is 1. The predicted octanol–water partition coefficient (Wildman–Crippen LogP) is 3.39. The number of aldehydes is 1. The van der Waals surface area contributed by atoms with Crippen LogP contribution in [0.4, 0.5) is 10.1 Å². The predicted molar refractivity (Wildman–Crippen MR) is 89.7 cm³/mol. The fourth-order valence-electron chi connectivity index (χ4n) is 2.03. The van der Waals surface area contributed by atoms with E-state index in [0.29, 0.717) is 17.0 Å². The average molecular weight is 374 g/mol. The first-order valence-electron chi connectivity index (χ1n) is 7.27. The number of benzene rings is 2. The first kappa shape index (κ1) is 17.5. The van der Waals surface area contributed by atoms with Crippen LogP contribution in [-0.4, -0.2) is 26.4 Å². The van der Waals surface area contributed by atoms with E-state index in [0.717, 1.165) is 11.8 Å². The number of aromatic amines is 1. The molecule has 1 heterocycles. The number of nitrogens with zero attached hydrogens (tertiary/aromatic N) is 3. The molecule has 0 saturated carbocycles. The van der Waals surface area contributed by atoms with E-state index < -0.39 is 10.7 Å². The van der Waals surface area contributed by atoms with Gasteiger partial charge in [-0.1, -0.05) is 18.2 Å². The van der Waals surface area contributed by atoms with Gasteiger partial charge in [0.2, 0.25) is 5.16 Å². The summed E-state index contributed by atoms with van der Waals surface area (Å²) in [5.74, 6) is -0.0754. The van der Waals surface area contributed by atoms with Gasteiger partial charge >= 0.3 is 0 Å². The summed E-state index contributed by atoms with van der Waals surface area (Å²) < 4.78 is 18.8. The fourth-order valence-corrected chi connectivity index (χ4v) is 2.85. The third kappa shape index (κ3) is 4.03. The summed E-state index contributed by atoms with van der Waals surface area (Å²) >= 11 is 0.967. The van der Waals surface area contributed by atoms with Crippen LogP contribution in [0.1, 0.15) is 16.2 Å². The van der Waals surface area contributed by atoms with E-state index in [9.17, 15) is 19.3 Å². The lowest BCUT2D eigenvalue weighted by molar-refractivity contribution is -0.387. The number of nitrogens with one attached hydrogen (secondary N) is 1. The number of rotatable bonds is 7. The number of ether oxygens (including phenoxy) is 1. The molecule has 26 heavy (non-hydrogen) atoms.